The number of benzene rings is 1. The van der Waals surface area contributed by atoms with Gasteiger partial charge in [-0.1, -0.05) is 24.6 Å². The van der Waals surface area contributed by atoms with Crippen LogP contribution in [0.25, 0.3) is 0 Å². The molecule has 0 bridgehead atoms. The summed E-state index contributed by atoms with van der Waals surface area (Å²) in [5.41, 5.74) is 1.64. The first-order valence-electron chi connectivity index (χ1n) is 4.61. The number of hydrogen-bond donors (Lipinski definition) is 0. The predicted molar refractivity (Wildman–Crippen MR) is 59.2 cm³/mol. The normalized spacial score (nSPS) is 12.6. The Morgan fingerprint density at radius 3 is 2.71 bits per heavy atom. The Kier molecular flexibility index (Phi) is 3.70. The summed E-state index contributed by atoms with van der Waals surface area (Å²) in [5, 5.41) is 0.454. The minimum atomic E-state index is -0.219. The SMILES string of the molecule is C=C[C@H](C)Cc1c(C)cc(Cl)cc1F. The van der Waals surface area contributed by atoms with Crippen LogP contribution in [0.3, 0.4) is 0 Å². The van der Waals surface area contributed by atoms with Crippen molar-refractivity contribution in [3.63, 3.8) is 0 Å². The monoisotopic (exact) mass is 212 g/mol. The van der Waals surface area contributed by atoms with Gasteiger partial charge in [-0.3, -0.25) is 0 Å². The zero-order valence-electron chi connectivity index (χ0n) is 8.48. The van der Waals surface area contributed by atoms with Crippen molar-refractivity contribution in [1.82, 2.24) is 0 Å². The van der Waals surface area contributed by atoms with Crippen LogP contribution in [-0.2, 0) is 6.42 Å². The molecule has 0 fully saturated rings. The second-order valence-electron chi connectivity index (χ2n) is 3.60. The van der Waals surface area contributed by atoms with Crippen LogP contribution in [-0.4, -0.2) is 0 Å². The fourth-order valence-electron chi connectivity index (χ4n) is 1.40. The van der Waals surface area contributed by atoms with Gasteiger partial charge in [-0.05, 0) is 42.5 Å². The molecule has 0 aliphatic heterocycles. The molecule has 0 spiro atoms. The van der Waals surface area contributed by atoms with Crippen LogP contribution >= 0.6 is 11.6 Å². The van der Waals surface area contributed by atoms with E-state index in [-0.39, 0.29) is 11.7 Å². The first-order valence-corrected chi connectivity index (χ1v) is 4.99. The Labute approximate surface area is 89.4 Å². The van der Waals surface area contributed by atoms with E-state index in [1.807, 2.05) is 19.9 Å². The Morgan fingerprint density at radius 1 is 1.57 bits per heavy atom. The van der Waals surface area contributed by atoms with Crippen molar-refractivity contribution in [2.45, 2.75) is 20.3 Å². The van der Waals surface area contributed by atoms with Crippen LogP contribution in [0.2, 0.25) is 5.02 Å². The zero-order chi connectivity index (χ0) is 10.7. The summed E-state index contributed by atoms with van der Waals surface area (Å²) in [6, 6.07) is 3.15. The number of aryl methyl sites for hydroxylation is 1. The van der Waals surface area contributed by atoms with E-state index in [0.717, 1.165) is 11.1 Å². The van der Waals surface area contributed by atoms with Gasteiger partial charge in [0, 0.05) is 5.02 Å². The molecule has 1 aromatic rings. The van der Waals surface area contributed by atoms with Crippen molar-refractivity contribution in [2.24, 2.45) is 5.92 Å². The van der Waals surface area contributed by atoms with E-state index >= 15 is 0 Å². The summed E-state index contributed by atoms with van der Waals surface area (Å²) in [4.78, 5) is 0. The average molecular weight is 213 g/mol. The van der Waals surface area contributed by atoms with Gasteiger partial charge < -0.3 is 0 Å². The molecular formula is C12H14ClF. The van der Waals surface area contributed by atoms with Crippen molar-refractivity contribution in [3.8, 4) is 0 Å². The van der Waals surface area contributed by atoms with Gasteiger partial charge >= 0.3 is 0 Å². The Bertz CT molecular complexity index is 321. The molecule has 1 aromatic carbocycles. The first kappa shape index (κ1) is 11.3. The van der Waals surface area contributed by atoms with Gasteiger partial charge in [0.1, 0.15) is 5.82 Å². The van der Waals surface area contributed by atoms with Crippen LogP contribution in [0.5, 0.6) is 0 Å². The highest BCUT2D eigenvalue weighted by atomic mass is 35.5. The van der Waals surface area contributed by atoms with Gasteiger partial charge in [-0.25, -0.2) is 4.39 Å². The standard InChI is InChI=1S/C12H14ClF/c1-4-8(2)5-11-9(3)6-10(13)7-12(11)14/h4,6-8H,1,5H2,2-3H3/t8-/m0/s1. The fraction of sp³-hybridized carbons (Fsp3) is 0.333. The molecule has 0 radical (unpaired) electrons. The second-order valence-corrected chi connectivity index (χ2v) is 4.04. The van der Waals surface area contributed by atoms with Crippen molar-refractivity contribution >= 4 is 11.6 Å². The molecule has 14 heavy (non-hydrogen) atoms. The third-order valence-corrected chi connectivity index (χ3v) is 2.53. The number of hydrogen-bond acceptors (Lipinski definition) is 0. The van der Waals surface area contributed by atoms with E-state index in [1.54, 1.807) is 6.07 Å². The van der Waals surface area contributed by atoms with Crippen LogP contribution in [0.4, 0.5) is 4.39 Å². The van der Waals surface area contributed by atoms with E-state index in [4.69, 9.17) is 11.6 Å². The molecule has 0 aliphatic rings. The third-order valence-electron chi connectivity index (χ3n) is 2.31. The summed E-state index contributed by atoms with van der Waals surface area (Å²) >= 11 is 5.73. The molecule has 0 unspecified atom stereocenters. The highest BCUT2D eigenvalue weighted by molar-refractivity contribution is 6.30. The molecule has 0 saturated carbocycles. The molecule has 0 heterocycles. The van der Waals surface area contributed by atoms with Crippen LogP contribution in [0.15, 0.2) is 24.8 Å². The fourth-order valence-corrected chi connectivity index (χ4v) is 1.66. The predicted octanol–water partition coefficient (Wildman–Crippen LogP) is 4.15. The molecule has 0 nitrogen and oxygen atoms in total. The molecule has 0 amide bonds. The molecule has 0 saturated heterocycles. The van der Waals surface area contributed by atoms with E-state index in [2.05, 4.69) is 6.58 Å². The van der Waals surface area contributed by atoms with Crippen LogP contribution < -0.4 is 0 Å². The smallest absolute Gasteiger partial charge is 0.128 e. The molecule has 1 atom stereocenters. The van der Waals surface area contributed by atoms with Gasteiger partial charge in [0.25, 0.3) is 0 Å². The largest absolute Gasteiger partial charge is 0.207 e. The average Bonchev–Trinajstić information content (AvgIpc) is 2.10. The summed E-state index contributed by atoms with van der Waals surface area (Å²) in [6.07, 6.45) is 2.51. The minimum absolute atomic E-state index is 0.219. The van der Waals surface area contributed by atoms with Gasteiger partial charge in [-0.2, -0.15) is 0 Å². The molecule has 1 rings (SSSR count). The highest BCUT2D eigenvalue weighted by Crippen LogP contribution is 2.22. The lowest BCUT2D eigenvalue weighted by Crippen LogP contribution is -2.01. The Hall–Kier alpha value is -0.820. The van der Waals surface area contributed by atoms with E-state index in [1.165, 1.54) is 6.07 Å². The number of allylic oxidation sites excluding steroid dienone is 1. The molecule has 2 heteroatoms. The maximum Gasteiger partial charge on any atom is 0.128 e. The van der Waals surface area contributed by atoms with Crippen molar-refractivity contribution in [1.29, 1.82) is 0 Å². The van der Waals surface area contributed by atoms with Gasteiger partial charge in [0.15, 0.2) is 0 Å². The lowest BCUT2D eigenvalue weighted by Gasteiger charge is -2.10. The van der Waals surface area contributed by atoms with E-state index in [9.17, 15) is 4.39 Å². The quantitative estimate of drug-likeness (QED) is 0.661. The first-order chi connectivity index (χ1) is 6.54. The summed E-state index contributed by atoms with van der Waals surface area (Å²) < 4.78 is 13.5. The van der Waals surface area contributed by atoms with Crippen molar-refractivity contribution in [3.05, 3.63) is 46.8 Å². The van der Waals surface area contributed by atoms with E-state index < -0.39 is 0 Å². The van der Waals surface area contributed by atoms with Crippen molar-refractivity contribution < 1.29 is 4.39 Å². The lowest BCUT2D eigenvalue weighted by atomic mass is 9.97. The maximum atomic E-state index is 13.5. The number of halogens is 2. The zero-order valence-corrected chi connectivity index (χ0v) is 9.24. The molecule has 0 aliphatic carbocycles. The second kappa shape index (κ2) is 4.61. The maximum absolute atomic E-state index is 13.5. The van der Waals surface area contributed by atoms with Crippen LogP contribution in [0.1, 0.15) is 18.1 Å². The topological polar surface area (TPSA) is 0 Å². The summed E-state index contributed by atoms with van der Waals surface area (Å²) in [6.45, 7) is 7.57. The van der Waals surface area contributed by atoms with Gasteiger partial charge in [-0.15, -0.1) is 6.58 Å². The van der Waals surface area contributed by atoms with E-state index in [0.29, 0.717) is 11.4 Å². The molecule has 76 valence electrons. The number of rotatable bonds is 3. The minimum Gasteiger partial charge on any atom is -0.207 e. The Balaban J connectivity index is 3.02. The summed E-state index contributed by atoms with van der Waals surface area (Å²) in [7, 11) is 0. The van der Waals surface area contributed by atoms with Gasteiger partial charge in [0.2, 0.25) is 0 Å². The molecule has 0 N–H and O–H groups in total. The van der Waals surface area contributed by atoms with Gasteiger partial charge in [0.05, 0.1) is 0 Å². The lowest BCUT2D eigenvalue weighted by molar-refractivity contribution is 0.589. The molecular weight excluding hydrogens is 199 g/mol. The third kappa shape index (κ3) is 2.58. The van der Waals surface area contributed by atoms with Crippen LogP contribution in [0, 0.1) is 18.7 Å². The highest BCUT2D eigenvalue weighted by Gasteiger charge is 2.09. The summed E-state index contributed by atoms with van der Waals surface area (Å²) in [5.74, 6) is 0.0630. The molecule has 0 aromatic heterocycles. The Morgan fingerprint density at radius 2 is 2.21 bits per heavy atom. The van der Waals surface area contributed by atoms with Crippen molar-refractivity contribution in [2.75, 3.05) is 0 Å².